The molecule has 0 fully saturated rings. The molecule has 0 bridgehead atoms. The number of halogens is 1. The normalized spacial score (nSPS) is 17.8. The highest BCUT2D eigenvalue weighted by molar-refractivity contribution is 7.10. The lowest BCUT2D eigenvalue weighted by molar-refractivity contribution is 0.170. The topological polar surface area (TPSA) is 21.3 Å². The molecule has 0 aromatic carbocycles. The van der Waals surface area contributed by atoms with Crippen LogP contribution >= 0.6 is 22.9 Å². The first-order valence-electron chi connectivity index (χ1n) is 5.47. The summed E-state index contributed by atoms with van der Waals surface area (Å²) in [6.45, 7) is 2.84. The molecule has 1 aliphatic heterocycles. The minimum atomic E-state index is 0.103. The van der Waals surface area contributed by atoms with Crippen molar-refractivity contribution in [1.82, 2.24) is 5.32 Å². The lowest BCUT2D eigenvalue weighted by atomic mass is 10.1. The Morgan fingerprint density at radius 3 is 2.88 bits per heavy atom. The summed E-state index contributed by atoms with van der Waals surface area (Å²) in [6, 6.07) is 0.103. The van der Waals surface area contributed by atoms with E-state index >= 15 is 0 Å². The first kappa shape index (κ1) is 12.0. The molecule has 16 heavy (non-hydrogen) atoms. The third-order valence-electron chi connectivity index (χ3n) is 2.72. The van der Waals surface area contributed by atoms with Crippen LogP contribution in [0.1, 0.15) is 29.3 Å². The first-order valence-corrected chi connectivity index (χ1v) is 6.73. The maximum absolute atomic E-state index is 6.29. The number of aryl methyl sites for hydroxylation is 1. The highest BCUT2D eigenvalue weighted by Gasteiger charge is 2.22. The molecule has 0 saturated carbocycles. The van der Waals surface area contributed by atoms with Crippen LogP contribution in [0, 0.1) is 6.92 Å². The van der Waals surface area contributed by atoms with Crippen LogP contribution in [0.3, 0.4) is 0 Å². The lowest BCUT2D eigenvalue weighted by Gasteiger charge is -2.23. The summed E-state index contributed by atoms with van der Waals surface area (Å²) >= 11 is 7.98. The van der Waals surface area contributed by atoms with E-state index in [0.29, 0.717) is 0 Å². The number of thiophene rings is 1. The van der Waals surface area contributed by atoms with Crippen molar-refractivity contribution in [1.29, 1.82) is 0 Å². The highest BCUT2D eigenvalue weighted by atomic mass is 35.5. The number of nitrogens with one attached hydrogen (secondary N) is 1. The molecule has 1 unspecified atom stereocenters. The van der Waals surface area contributed by atoms with Gasteiger partial charge >= 0.3 is 0 Å². The third kappa shape index (κ3) is 2.26. The molecule has 0 radical (unpaired) electrons. The van der Waals surface area contributed by atoms with Crippen LogP contribution in [-0.4, -0.2) is 13.7 Å². The van der Waals surface area contributed by atoms with Crippen LogP contribution < -0.4 is 5.32 Å². The molecule has 0 amide bonds. The first-order chi connectivity index (χ1) is 7.74. The predicted octanol–water partition coefficient (Wildman–Crippen LogP) is 3.66. The van der Waals surface area contributed by atoms with Gasteiger partial charge in [-0.25, -0.2) is 0 Å². The summed E-state index contributed by atoms with van der Waals surface area (Å²) in [7, 11) is 1.94. The zero-order valence-corrected chi connectivity index (χ0v) is 11.1. The number of hydrogen-bond acceptors (Lipinski definition) is 3. The molecule has 1 aromatic rings. The van der Waals surface area contributed by atoms with Crippen molar-refractivity contribution in [3.63, 3.8) is 0 Å². The molecule has 2 heterocycles. The molecular weight excluding hydrogens is 242 g/mol. The van der Waals surface area contributed by atoms with E-state index in [1.54, 1.807) is 11.3 Å². The van der Waals surface area contributed by atoms with E-state index in [1.165, 1.54) is 0 Å². The number of likely N-dealkylation sites (N-methyl/N-ethyl adjacent to an activating group) is 1. The van der Waals surface area contributed by atoms with E-state index in [9.17, 15) is 0 Å². The number of allylic oxidation sites excluding steroid dienone is 1. The van der Waals surface area contributed by atoms with Gasteiger partial charge in [0.1, 0.15) is 11.8 Å². The second-order valence-corrected chi connectivity index (χ2v) is 5.21. The predicted molar refractivity (Wildman–Crippen MR) is 69.1 cm³/mol. The average Bonchev–Trinajstić information content (AvgIpc) is 2.64. The minimum Gasteiger partial charge on any atom is -0.496 e. The Bertz CT molecular complexity index is 400. The van der Waals surface area contributed by atoms with Crippen LogP contribution in [0.2, 0.25) is 5.02 Å². The van der Waals surface area contributed by atoms with Gasteiger partial charge in [-0.1, -0.05) is 11.6 Å². The second kappa shape index (κ2) is 5.21. The molecule has 0 aliphatic carbocycles. The molecular formula is C12H16ClNOS. The maximum atomic E-state index is 6.29. The van der Waals surface area contributed by atoms with Crippen LogP contribution in [0.25, 0.3) is 0 Å². The van der Waals surface area contributed by atoms with Gasteiger partial charge in [-0.05, 0) is 43.8 Å². The maximum Gasteiger partial charge on any atom is 0.114 e. The fraction of sp³-hybridized carbons (Fsp3) is 0.500. The van der Waals surface area contributed by atoms with Gasteiger partial charge in [0, 0.05) is 4.88 Å². The molecule has 1 atom stereocenters. The van der Waals surface area contributed by atoms with E-state index in [4.69, 9.17) is 16.3 Å². The molecule has 2 rings (SSSR count). The van der Waals surface area contributed by atoms with Crippen molar-refractivity contribution >= 4 is 22.9 Å². The quantitative estimate of drug-likeness (QED) is 0.892. The monoisotopic (exact) mass is 257 g/mol. The summed E-state index contributed by atoms with van der Waals surface area (Å²) in [5.74, 6) is 1.01. The molecule has 4 heteroatoms. The van der Waals surface area contributed by atoms with Crippen LogP contribution in [-0.2, 0) is 4.74 Å². The Morgan fingerprint density at radius 1 is 1.56 bits per heavy atom. The van der Waals surface area contributed by atoms with E-state index in [0.717, 1.165) is 40.7 Å². The molecule has 0 saturated heterocycles. The van der Waals surface area contributed by atoms with E-state index in [-0.39, 0.29) is 6.04 Å². The van der Waals surface area contributed by atoms with Crippen molar-refractivity contribution in [2.75, 3.05) is 13.7 Å². The van der Waals surface area contributed by atoms with E-state index in [2.05, 4.69) is 16.8 Å². The summed E-state index contributed by atoms with van der Waals surface area (Å²) in [4.78, 5) is 1.15. The zero-order chi connectivity index (χ0) is 11.5. The second-order valence-electron chi connectivity index (χ2n) is 3.92. The van der Waals surface area contributed by atoms with Crippen molar-refractivity contribution in [2.45, 2.75) is 25.8 Å². The summed E-state index contributed by atoms with van der Waals surface area (Å²) in [6.07, 6.45) is 4.36. The molecule has 88 valence electrons. The van der Waals surface area contributed by atoms with Crippen LogP contribution in [0.4, 0.5) is 0 Å². The third-order valence-corrected chi connectivity index (χ3v) is 4.50. The fourth-order valence-corrected chi connectivity index (χ4v) is 3.24. The summed E-state index contributed by atoms with van der Waals surface area (Å²) in [5, 5.41) is 6.22. The Kier molecular flexibility index (Phi) is 3.90. The summed E-state index contributed by atoms with van der Waals surface area (Å²) < 4.78 is 5.70. The Morgan fingerprint density at radius 2 is 2.38 bits per heavy atom. The van der Waals surface area contributed by atoms with Gasteiger partial charge in [0.2, 0.25) is 0 Å². The van der Waals surface area contributed by atoms with Crippen molar-refractivity contribution in [3.8, 4) is 0 Å². The largest absolute Gasteiger partial charge is 0.496 e. The van der Waals surface area contributed by atoms with Gasteiger partial charge in [-0.3, -0.25) is 0 Å². The van der Waals surface area contributed by atoms with Crippen LogP contribution in [0.5, 0.6) is 0 Å². The summed E-state index contributed by atoms with van der Waals surface area (Å²) in [5.41, 5.74) is 1.14. The standard InChI is InChI=1S/C12H16ClNOS/c1-8-7-16-12(10(8)13)11(14-2)9-5-3-4-6-15-9/h5,7,11,14H,3-4,6H2,1-2H3. The molecule has 1 N–H and O–H groups in total. The average molecular weight is 258 g/mol. The van der Waals surface area contributed by atoms with Crippen molar-refractivity contribution < 1.29 is 4.74 Å². The Hall–Kier alpha value is -0.510. The SMILES string of the molecule is CNC(C1=CCCCO1)c1scc(C)c1Cl. The van der Waals surface area contributed by atoms with Gasteiger partial charge < -0.3 is 10.1 Å². The molecule has 0 spiro atoms. The Balaban J connectivity index is 2.28. The van der Waals surface area contributed by atoms with Gasteiger partial charge in [0.15, 0.2) is 0 Å². The minimum absolute atomic E-state index is 0.103. The Labute approximate surface area is 105 Å². The van der Waals surface area contributed by atoms with Gasteiger partial charge in [-0.2, -0.15) is 0 Å². The number of rotatable bonds is 3. The van der Waals surface area contributed by atoms with E-state index in [1.807, 2.05) is 14.0 Å². The van der Waals surface area contributed by atoms with E-state index < -0.39 is 0 Å². The molecule has 2 nitrogen and oxygen atoms in total. The fourth-order valence-electron chi connectivity index (χ4n) is 1.82. The van der Waals surface area contributed by atoms with Crippen molar-refractivity contribution in [3.05, 3.63) is 32.7 Å². The molecule has 1 aliphatic rings. The van der Waals surface area contributed by atoms with Gasteiger partial charge in [0.05, 0.1) is 11.6 Å². The smallest absolute Gasteiger partial charge is 0.114 e. The number of hydrogen-bond donors (Lipinski definition) is 1. The van der Waals surface area contributed by atoms with Crippen LogP contribution in [0.15, 0.2) is 17.2 Å². The van der Waals surface area contributed by atoms with Crippen molar-refractivity contribution in [2.24, 2.45) is 0 Å². The van der Waals surface area contributed by atoms with Gasteiger partial charge in [0.25, 0.3) is 0 Å². The zero-order valence-electron chi connectivity index (χ0n) is 9.55. The van der Waals surface area contributed by atoms with Gasteiger partial charge in [-0.15, -0.1) is 11.3 Å². The highest BCUT2D eigenvalue weighted by Crippen LogP contribution is 2.36. The molecule has 1 aromatic heterocycles. The number of ether oxygens (including phenoxy) is 1. The lowest BCUT2D eigenvalue weighted by Crippen LogP contribution is -2.21.